The second-order valence-electron chi connectivity index (χ2n) is 8.75. The summed E-state index contributed by atoms with van der Waals surface area (Å²) in [5, 5.41) is 0. The van der Waals surface area contributed by atoms with Crippen molar-refractivity contribution < 1.29 is 26.6 Å². The van der Waals surface area contributed by atoms with E-state index >= 15 is 0 Å². The van der Waals surface area contributed by atoms with Gasteiger partial charge in [-0.25, -0.2) is 0 Å². The van der Waals surface area contributed by atoms with Gasteiger partial charge in [0, 0.05) is 39.6 Å². The summed E-state index contributed by atoms with van der Waals surface area (Å²) in [6.45, 7) is 16.9. The minimum Gasteiger partial charge on any atom is -0.373 e. The van der Waals surface area contributed by atoms with Crippen molar-refractivity contribution in [2.75, 3.05) is 39.6 Å². The van der Waals surface area contributed by atoms with Crippen LogP contribution >= 0.6 is 0 Å². The van der Waals surface area contributed by atoms with Gasteiger partial charge in [0.15, 0.2) is 0 Å². The molecule has 0 fully saturated rings. The summed E-state index contributed by atoms with van der Waals surface area (Å²) in [5.41, 5.74) is 0.508. The fourth-order valence-corrected chi connectivity index (χ4v) is 10.9. The van der Waals surface area contributed by atoms with E-state index in [1.165, 1.54) is 0 Å². The maximum absolute atomic E-state index is 6.53. The Labute approximate surface area is 208 Å². The highest BCUT2D eigenvalue weighted by Crippen LogP contribution is 2.29. The minimum atomic E-state index is -3.04. The molecule has 8 heteroatoms. The van der Waals surface area contributed by atoms with Gasteiger partial charge in [0.2, 0.25) is 0 Å². The Bertz CT molecular complexity index is 325. The van der Waals surface area contributed by atoms with E-state index in [0.717, 1.165) is 77.0 Å². The standard InChI is InChI=1S/C25H56O6Si2/c1-7-13-19-26-32(27-20-14-8-2,28-21-15-9-3)25-33(29-22-16-10-4,30-23-17-11-5)31-24-18-12-6/h7-25H2,1-6H3. The molecule has 0 aliphatic carbocycles. The summed E-state index contributed by atoms with van der Waals surface area (Å²) in [6.07, 6.45) is 12.4. The minimum absolute atomic E-state index is 0.508. The average molecular weight is 509 g/mol. The smallest absolute Gasteiger partial charge is 0.373 e. The molecule has 200 valence electrons. The van der Waals surface area contributed by atoms with Gasteiger partial charge in [0.05, 0.1) is 5.67 Å². The lowest BCUT2D eigenvalue weighted by Gasteiger charge is -2.37. The van der Waals surface area contributed by atoms with E-state index in [0.29, 0.717) is 45.3 Å². The Hall–Kier alpha value is 0.194. The molecule has 0 amide bonds. The molecular formula is C25H56O6Si2. The Morgan fingerprint density at radius 1 is 0.333 bits per heavy atom. The van der Waals surface area contributed by atoms with Crippen molar-refractivity contribution in [3.8, 4) is 0 Å². The lowest BCUT2D eigenvalue weighted by atomic mass is 10.4. The van der Waals surface area contributed by atoms with Crippen LogP contribution in [-0.4, -0.2) is 57.3 Å². The quantitative estimate of drug-likeness (QED) is 0.0902. The van der Waals surface area contributed by atoms with Gasteiger partial charge in [-0.1, -0.05) is 80.1 Å². The van der Waals surface area contributed by atoms with Crippen LogP contribution in [0.4, 0.5) is 0 Å². The molecule has 0 aromatic carbocycles. The summed E-state index contributed by atoms with van der Waals surface area (Å²) in [5.74, 6) is 0. The molecule has 0 saturated carbocycles. The summed E-state index contributed by atoms with van der Waals surface area (Å²) in [6, 6.07) is 0. The van der Waals surface area contributed by atoms with Gasteiger partial charge in [0.1, 0.15) is 0 Å². The zero-order valence-corrected chi connectivity index (χ0v) is 24.9. The first kappa shape index (κ1) is 33.2. The Kier molecular flexibility index (Phi) is 22.8. The van der Waals surface area contributed by atoms with Gasteiger partial charge in [-0.15, -0.1) is 0 Å². The molecule has 6 nitrogen and oxygen atoms in total. The molecule has 0 aliphatic heterocycles. The van der Waals surface area contributed by atoms with Crippen LogP contribution < -0.4 is 0 Å². The van der Waals surface area contributed by atoms with Gasteiger partial charge in [-0.3, -0.25) is 0 Å². The molecule has 0 heterocycles. The van der Waals surface area contributed by atoms with E-state index in [-0.39, 0.29) is 0 Å². The van der Waals surface area contributed by atoms with Crippen LogP contribution in [0.5, 0.6) is 0 Å². The number of hydrogen-bond donors (Lipinski definition) is 0. The predicted octanol–water partition coefficient (Wildman–Crippen LogP) is 7.30. The van der Waals surface area contributed by atoms with Crippen molar-refractivity contribution in [3.63, 3.8) is 0 Å². The lowest BCUT2D eigenvalue weighted by Crippen LogP contribution is -2.59. The van der Waals surface area contributed by atoms with Gasteiger partial charge in [-0.05, 0) is 38.5 Å². The van der Waals surface area contributed by atoms with Crippen molar-refractivity contribution >= 4 is 17.6 Å². The molecule has 0 unspecified atom stereocenters. The Morgan fingerprint density at radius 2 is 0.515 bits per heavy atom. The third kappa shape index (κ3) is 16.5. The highest BCUT2D eigenvalue weighted by Gasteiger charge is 2.56. The van der Waals surface area contributed by atoms with Crippen LogP contribution in [-0.2, 0) is 26.6 Å². The largest absolute Gasteiger partial charge is 0.505 e. The first-order chi connectivity index (χ1) is 16.1. The monoisotopic (exact) mass is 508 g/mol. The summed E-state index contributed by atoms with van der Waals surface area (Å²) < 4.78 is 39.2. The second kappa shape index (κ2) is 22.6. The first-order valence-corrected chi connectivity index (χ1v) is 17.8. The highest BCUT2D eigenvalue weighted by molar-refractivity contribution is 6.80. The van der Waals surface area contributed by atoms with Crippen molar-refractivity contribution in [2.45, 2.75) is 124 Å². The molecule has 0 aromatic heterocycles. The Balaban J connectivity index is 5.91. The van der Waals surface area contributed by atoms with Crippen LogP contribution in [0.25, 0.3) is 0 Å². The van der Waals surface area contributed by atoms with E-state index in [1.54, 1.807) is 0 Å². The van der Waals surface area contributed by atoms with E-state index in [1.807, 2.05) is 0 Å². The number of rotatable bonds is 26. The third-order valence-electron chi connectivity index (χ3n) is 5.35. The van der Waals surface area contributed by atoms with E-state index < -0.39 is 17.6 Å². The van der Waals surface area contributed by atoms with Crippen LogP contribution in [0.1, 0.15) is 119 Å². The average Bonchev–Trinajstić information content (AvgIpc) is 2.80. The SMILES string of the molecule is CCCCO[Si](C[Si](OCCCC)(OCCCC)OCCCC)(OCCCC)OCCCC. The molecule has 0 rings (SSSR count). The van der Waals surface area contributed by atoms with Crippen molar-refractivity contribution in [3.05, 3.63) is 0 Å². The normalized spacial score (nSPS) is 12.5. The maximum Gasteiger partial charge on any atom is 0.505 e. The molecular weight excluding hydrogens is 452 g/mol. The molecule has 0 radical (unpaired) electrons. The second-order valence-corrected chi connectivity index (χ2v) is 14.6. The van der Waals surface area contributed by atoms with Crippen LogP contribution in [0.3, 0.4) is 0 Å². The molecule has 0 atom stereocenters. The number of unbranched alkanes of at least 4 members (excludes halogenated alkanes) is 6. The third-order valence-corrected chi connectivity index (χ3v) is 12.7. The fraction of sp³-hybridized carbons (Fsp3) is 1.00. The lowest BCUT2D eigenvalue weighted by molar-refractivity contribution is 0.0332. The van der Waals surface area contributed by atoms with Crippen LogP contribution in [0, 0.1) is 0 Å². The van der Waals surface area contributed by atoms with Gasteiger partial charge in [0.25, 0.3) is 0 Å². The van der Waals surface area contributed by atoms with Gasteiger partial charge in [-0.2, -0.15) is 0 Å². The molecule has 0 saturated heterocycles. The van der Waals surface area contributed by atoms with E-state index in [4.69, 9.17) is 26.6 Å². The fourth-order valence-electron chi connectivity index (χ4n) is 3.05. The summed E-state index contributed by atoms with van der Waals surface area (Å²) in [4.78, 5) is 0. The Morgan fingerprint density at radius 3 is 0.667 bits per heavy atom. The molecule has 0 N–H and O–H groups in total. The molecule has 33 heavy (non-hydrogen) atoms. The zero-order valence-electron chi connectivity index (χ0n) is 22.9. The maximum atomic E-state index is 6.53. The molecule has 0 bridgehead atoms. The summed E-state index contributed by atoms with van der Waals surface area (Å²) in [7, 11) is -6.07. The van der Waals surface area contributed by atoms with E-state index in [2.05, 4.69) is 41.5 Å². The predicted molar refractivity (Wildman–Crippen MR) is 141 cm³/mol. The highest BCUT2D eigenvalue weighted by atomic mass is 28.5. The van der Waals surface area contributed by atoms with Gasteiger partial charge >= 0.3 is 17.6 Å². The van der Waals surface area contributed by atoms with Crippen LogP contribution in [0.15, 0.2) is 0 Å². The molecule has 0 aliphatic rings. The topological polar surface area (TPSA) is 55.4 Å². The van der Waals surface area contributed by atoms with E-state index in [9.17, 15) is 0 Å². The van der Waals surface area contributed by atoms with Crippen molar-refractivity contribution in [1.29, 1.82) is 0 Å². The summed E-state index contributed by atoms with van der Waals surface area (Å²) >= 11 is 0. The van der Waals surface area contributed by atoms with Crippen LogP contribution in [0.2, 0.25) is 5.67 Å². The van der Waals surface area contributed by atoms with Crippen molar-refractivity contribution in [1.82, 2.24) is 0 Å². The zero-order chi connectivity index (χ0) is 24.7. The first-order valence-electron chi connectivity index (χ1n) is 13.9. The van der Waals surface area contributed by atoms with Gasteiger partial charge < -0.3 is 26.6 Å². The van der Waals surface area contributed by atoms with Crippen molar-refractivity contribution in [2.24, 2.45) is 0 Å². The number of hydrogen-bond acceptors (Lipinski definition) is 6. The molecule has 0 spiro atoms. The molecule has 0 aromatic rings.